The van der Waals surface area contributed by atoms with Crippen LogP contribution in [0.2, 0.25) is 0 Å². The van der Waals surface area contributed by atoms with Gasteiger partial charge in [0.05, 0.1) is 5.60 Å². The van der Waals surface area contributed by atoms with Crippen LogP contribution in [0.4, 0.5) is 0 Å². The summed E-state index contributed by atoms with van der Waals surface area (Å²) in [5, 5.41) is 12.9. The maximum atomic E-state index is 12.6. The Morgan fingerprint density at radius 2 is 1.78 bits per heavy atom. The van der Waals surface area contributed by atoms with E-state index in [-0.39, 0.29) is 58.5 Å². The topological polar surface area (TPSA) is 99.1 Å². The molecule has 4 aliphatic carbocycles. The van der Waals surface area contributed by atoms with Gasteiger partial charge in [-0.15, -0.1) is 0 Å². The molecule has 0 saturated heterocycles. The Labute approximate surface area is 229 Å². The van der Waals surface area contributed by atoms with E-state index >= 15 is 0 Å². The number of rotatable bonds is 5. The van der Waals surface area contributed by atoms with Gasteiger partial charge in [0, 0.05) is 23.8 Å². The summed E-state index contributed by atoms with van der Waals surface area (Å²) in [6.07, 6.45) is 7.78. The van der Waals surface area contributed by atoms with Crippen LogP contribution in [0.25, 0.3) is 0 Å². The van der Waals surface area contributed by atoms with E-state index in [2.05, 4.69) is 45.7 Å². The molecule has 0 unspecified atom stereocenters. The standard InChI is InChI=1S/C27H36Br2O7/c1-25-7-5-17(35-22(31)12-28)10-16(25)3-4-19-18(25)6-8-26(2)24(15-9-21(30)34-14-15)20(11-27(19,26)33)36-23(32)13-29/h9,16-20,24,33H,3-8,10-14H2,1-2H3/t16-,17-,18+,19-,20-,24+,25+,26-,27-/m1/s1. The van der Waals surface area contributed by atoms with Crippen molar-refractivity contribution in [1.29, 1.82) is 0 Å². The van der Waals surface area contributed by atoms with Gasteiger partial charge >= 0.3 is 17.9 Å². The van der Waals surface area contributed by atoms with Crippen molar-refractivity contribution in [3.63, 3.8) is 0 Å². The Morgan fingerprint density at radius 1 is 1.06 bits per heavy atom. The van der Waals surface area contributed by atoms with Crippen LogP contribution in [-0.4, -0.2) is 58.1 Å². The second-order valence-electron chi connectivity index (χ2n) is 12.1. The van der Waals surface area contributed by atoms with E-state index in [0.29, 0.717) is 18.3 Å². The van der Waals surface area contributed by atoms with Gasteiger partial charge < -0.3 is 19.3 Å². The van der Waals surface area contributed by atoms with E-state index in [1.165, 1.54) is 6.08 Å². The maximum absolute atomic E-state index is 12.6. The average molecular weight is 632 g/mol. The van der Waals surface area contributed by atoms with E-state index in [1.807, 2.05) is 0 Å². The third-order valence-electron chi connectivity index (χ3n) is 10.7. The Bertz CT molecular complexity index is 968. The molecule has 9 atom stereocenters. The smallest absolute Gasteiger partial charge is 0.331 e. The molecule has 1 N–H and O–H groups in total. The number of ether oxygens (including phenoxy) is 3. The lowest BCUT2D eigenvalue weighted by Gasteiger charge is -2.63. The molecule has 0 radical (unpaired) electrons. The molecule has 7 nitrogen and oxygen atoms in total. The second kappa shape index (κ2) is 9.67. The fourth-order valence-electron chi connectivity index (χ4n) is 9.05. The molecule has 4 saturated carbocycles. The number of hydrogen-bond acceptors (Lipinski definition) is 7. The lowest BCUT2D eigenvalue weighted by molar-refractivity contribution is -0.209. The summed E-state index contributed by atoms with van der Waals surface area (Å²) < 4.78 is 16.8. The van der Waals surface area contributed by atoms with Crippen molar-refractivity contribution < 1.29 is 33.7 Å². The summed E-state index contributed by atoms with van der Waals surface area (Å²) in [5.74, 6) is -0.278. The molecule has 0 spiro atoms. The highest BCUT2D eigenvalue weighted by atomic mass is 79.9. The molecule has 200 valence electrons. The fraction of sp³-hybridized carbons (Fsp3) is 0.815. The molecule has 4 fully saturated rings. The molecule has 0 amide bonds. The predicted octanol–water partition coefficient (Wildman–Crippen LogP) is 4.47. The molecule has 5 rings (SSSR count). The highest BCUT2D eigenvalue weighted by molar-refractivity contribution is 9.09. The summed E-state index contributed by atoms with van der Waals surface area (Å²) in [4.78, 5) is 36.2. The van der Waals surface area contributed by atoms with Gasteiger partial charge in [0.1, 0.15) is 29.5 Å². The number of carbonyl (C=O) groups is 3. The fourth-order valence-corrected chi connectivity index (χ4v) is 9.32. The highest BCUT2D eigenvalue weighted by Crippen LogP contribution is 2.70. The Kier molecular flexibility index (Phi) is 7.16. The quantitative estimate of drug-likeness (QED) is 0.272. The van der Waals surface area contributed by atoms with Gasteiger partial charge in [0.15, 0.2) is 0 Å². The van der Waals surface area contributed by atoms with Gasteiger partial charge in [-0.1, -0.05) is 45.7 Å². The minimum absolute atomic E-state index is 0.0302. The van der Waals surface area contributed by atoms with Crippen molar-refractivity contribution in [1.82, 2.24) is 0 Å². The van der Waals surface area contributed by atoms with Crippen LogP contribution in [0.1, 0.15) is 65.2 Å². The van der Waals surface area contributed by atoms with E-state index in [4.69, 9.17) is 14.2 Å². The highest BCUT2D eigenvalue weighted by Gasteiger charge is 2.71. The van der Waals surface area contributed by atoms with Gasteiger partial charge in [-0.2, -0.15) is 0 Å². The molecule has 0 aromatic carbocycles. The Hall–Kier alpha value is -0.930. The van der Waals surface area contributed by atoms with Crippen LogP contribution in [0, 0.1) is 34.5 Å². The average Bonchev–Trinajstić information content (AvgIpc) is 3.36. The second-order valence-corrected chi connectivity index (χ2v) is 13.2. The number of cyclic esters (lactones) is 1. The summed E-state index contributed by atoms with van der Waals surface area (Å²) >= 11 is 6.39. The van der Waals surface area contributed by atoms with E-state index in [9.17, 15) is 19.5 Å². The first-order valence-electron chi connectivity index (χ1n) is 13.2. The number of aliphatic hydroxyl groups is 1. The normalized spacial score (nSPS) is 45.6. The van der Waals surface area contributed by atoms with Crippen LogP contribution in [0.5, 0.6) is 0 Å². The first-order chi connectivity index (χ1) is 17.1. The van der Waals surface area contributed by atoms with Gasteiger partial charge in [0.2, 0.25) is 0 Å². The van der Waals surface area contributed by atoms with Crippen molar-refractivity contribution >= 4 is 49.8 Å². The van der Waals surface area contributed by atoms with E-state index in [0.717, 1.165) is 50.5 Å². The molecule has 0 aromatic rings. The van der Waals surface area contributed by atoms with Crippen LogP contribution in [0.3, 0.4) is 0 Å². The third kappa shape index (κ3) is 4.10. The van der Waals surface area contributed by atoms with Crippen LogP contribution in [-0.2, 0) is 28.6 Å². The van der Waals surface area contributed by atoms with Gasteiger partial charge in [-0.25, -0.2) is 4.79 Å². The SMILES string of the molecule is C[C@]12CC[C@@H](OC(=O)CBr)C[C@H]1CC[C@@H]1[C@@H]2CC[C@]2(C)[C@@H](C3=CC(=O)OC3)[C@H](OC(=O)CBr)C[C@@]12O. The van der Waals surface area contributed by atoms with Gasteiger partial charge in [0.25, 0.3) is 0 Å². The zero-order valence-corrected chi connectivity index (χ0v) is 24.1. The molecule has 0 aromatic heterocycles. The largest absolute Gasteiger partial charge is 0.462 e. The molecule has 5 aliphatic rings. The van der Waals surface area contributed by atoms with Crippen molar-refractivity contribution in [3.8, 4) is 0 Å². The van der Waals surface area contributed by atoms with E-state index < -0.39 is 17.1 Å². The molecule has 1 heterocycles. The Morgan fingerprint density at radius 3 is 2.44 bits per heavy atom. The molecular weight excluding hydrogens is 596 g/mol. The van der Waals surface area contributed by atoms with Crippen LogP contribution >= 0.6 is 31.9 Å². The minimum Gasteiger partial charge on any atom is -0.462 e. The van der Waals surface area contributed by atoms with Crippen LogP contribution < -0.4 is 0 Å². The molecular formula is C27H36Br2O7. The van der Waals surface area contributed by atoms with Crippen molar-refractivity contribution in [2.75, 3.05) is 17.3 Å². The lowest BCUT2D eigenvalue weighted by atomic mass is 9.43. The van der Waals surface area contributed by atoms with Crippen molar-refractivity contribution in [2.24, 2.45) is 34.5 Å². The maximum Gasteiger partial charge on any atom is 0.331 e. The van der Waals surface area contributed by atoms with E-state index in [1.54, 1.807) is 0 Å². The number of fused-ring (bicyclic) bond motifs is 5. The number of hydrogen-bond donors (Lipinski definition) is 1. The molecule has 1 aliphatic heterocycles. The minimum atomic E-state index is -1.00. The third-order valence-corrected chi connectivity index (χ3v) is 11.6. The van der Waals surface area contributed by atoms with Crippen LogP contribution in [0.15, 0.2) is 11.6 Å². The van der Waals surface area contributed by atoms with Gasteiger partial charge in [-0.05, 0) is 73.7 Å². The molecule has 0 bridgehead atoms. The number of alkyl halides is 2. The molecule has 9 heteroatoms. The number of esters is 3. The Balaban J connectivity index is 1.43. The summed E-state index contributed by atoms with van der Waals surface area (Å²) in [6, 6.07) is 0. The predicted molar refractivity (Wildman–Crippen MR) is 138 cm³/mol. The van der Waals surface area contributed by atoms with Crippen molar-refractivity contribution in [3.05, 3.63) is 11.6 Å². The monoisotopic (exact) mass is 630 g/mol. The lowest BCUT2D eigenvalue weighted by Crippen LogP contribution is -2.62. The summed E-state index contributed by atoms with van der Waals surface area (Å²) in [7, 11) is 0. The summed E-state index contributed by atoms with van der Waals surface area (Å²) in [6.45, 7) is 4.70. The van der Waals surface area contributed by atoms with Gasteiger partial charge in [-0.3, -0.25) is 9.59 Å². The van der Waals surface area contributed by atoms with Crippen molar-refractivity contribution in [2.45, 2.75) is 83.0 Å². The zero-order chi connectivity index (χ0) is 25.9. The molecule has 36 heavy (non-hydrogen) atoms. The zero-order valence-electron chi connectivity index (χ0n) is 21.0. The number of carbonyl (C=O) groups excluding carboxylic acids is 3. The summed E-state index contributed by atoms with van der Waals surface area (Å²) in [5.41, 5.74) is -0.615. The number of halogens is 2. The first kappa shape index (κ1) is 26.7. The first-order valence-corrected chi connectivity index (χ1v) is 15.4.